The van der Waals surface area contributed by atoms with Crippen LogP contribution in [0.2, 0.25) is 0 Å². The first kappa shape index (κ1) is 19.6. The summed E-state index contributed by atoms with van der Waals surface area (Å²) in [5.41, 5.74) is 0. The highest BCUT2D eigenvalue weighted by Crippen LogP contribution is 2.34. The molecule has 0 spiro atoms. The van der Waals surface area contributed by atoms with E-state index in [0.29, 0.717) is 0 Å². The van der Waals surface area contributed by atoms with Gasteiger partial charge in [0.15, 0.2) is 0 Å². The van der Waals surface area contributed by atoms with Crippen LogP contribution in [0.4, 0.5) is 0 Å². The molecule has 0 heterocycles. The quantitative estimate of drug-likeness (QED) is 0.336. The van der Waals surface area contributed by atoms with E-state index in [9.17, 15) is 0 Å². The van der Waals surface area contributed by atoms with E-state index >= 15 is 0 Å². The first-order chi connectivity index (χ1) is 7.68. The van der Waals surface area contributed by atoms with E-state index < -0.39 is 0 Å². The second-order valence-electron chi connectivity index (χ2n) is 5.17. The van der Waals surface area contributed by atoms with Crippen molar-refractivity contribution in [2.45, 2.75) is 96.3 Å². The molecule has 0 aliphatic carbocycles. The third kappa shape index (κ3) is 11.1. The van der Waals surface area contributed by atoms with Gasteiger partial charge in [-0.15, -0.1) is 11.6 Å². The summed E-state index contributed by atoms with van der Waals surface area (Å²) in [7, 11) is 0. The minimum atomic E-state index is 0. The smallest absolute Gasteiger partial charge is 0.0446 e. The molecule has 0 saturated heterocycles. The van der Waals surface area contributed by atoms with Gasteiger partial charge in [0.1, 0.15) is 0 Å². The lowest BCUT2D eigenvalue weighted by Crippen LogP contribution is -2.21. The Morgan fingerprint density at radius 2 is 1.00 bits per heavy atom. The summed E-state index contributed by atoms with van der Waals surface area (Å²) in [5.74, 6) is 0. The summed E-state index contributed by atoms with van der Waals surface area (Å²) >= 11 is 6.79. The van der Waals surface area contributed by atoms with Gasteiger partial charge in [0.05, 0.1) is 0 Å². The molecule has 0 atom stereocenters. The van der Waals surface area contributed by atoms with Crippen molar-refractivity contribution >= 4 is 11.6 Å². The number of halogens is 1. The Kier molecular flexibility index (Phi) is 14.6. The van der Waals surface area contributed by atoms with Crippen LogP contribution < -0.4 is 6.15 Å². The van der Waals surface area contributed by atoms with Gasteiger partial charge in [-0.25, -0.2) is 0 Å². The molecule has 0 aliphatic heterocycles. The van der Waals surface area contributed by atoms with Crippen LogP contribution in [0, 0.1) is 0 Å². The average Bonchev–Trinajstić information content (AvgIpc) is 2.27. The lowest BCUT2D eigenvalue weighted by atomic mass is 9.89. The zero-order valence-electron chi connectivity index (χ0n) is 12.4. The zero-order valence-corrected chi connectivity index (χ0v) is 13.1. The molecule has 3 N–H and O–H groups in total. The van der Waals surface area contributed by atoms with E-state index in [1.54, 1.807) is 0 Å². The van der Waals surface area contributed by atoms with Gasteiger partial charge >= 0.3 is 0 Å². The lowest BCUT2D eigenvalue weighted by molar-refractivity contribution is 0.408. The number of hydrogen-bond donors (Lipinski definition) is 1. The van der Waals surface area contributed by atoms with Crippen LogP contribution >= 0.6 is 11.6 Å². The van der Waals surface area contributed by atoms with Crippen LogP contribution in [0.1, 0.15) is 91.4 Å². The van der Waals surface area contributed by atoms with Gasteiger partial charge in [0.25, 0.3) is 0 Å². The largest absolute Gasteiger partial charge is 0.344 e. The van der Waals surface area contributed by atoms with E-state index in [4.69, 9.17) is 11.6 Å². The van der Waals surface area contributed by atoms with Crippen molar-refractivity contribution in [3.05, 3.63) is 0 Å². The molecule has 17 heavy (non-hydrogen) atoms. The molecule has 0 fully saturated rings. The predicted molar refractivity (Wildman–Crippen MR) is 81.4 cm³/mol. The van der Waals surface area contributed by atoms with Gasteiger partial charge in [0.2, 0.25) is 0 Å². The molecule has 0 aromatic carbocycles. The molecule has 2 heteroatoms. The van der Waals surface area contributed by atoms with Gasteiger partial charge < -0.3 is 6.15 Å². The molecule has 0 aromatic rings. The SMILES string of the molecule is CCCCCC(Cl)(CCCC)CCCCC.N. The molecular weight excluding hydrogens is 230 g/mol. The second-order valence-corrected chi connectivity index (χ2v) is 5.97. The van der Waals surface area contributed by atoms with Crippen LogP contribution in [0.5, 0.6) is 0 Å². The van der Waals surface area contributed by atoms with Crippen LogP contribution in [-0.4, -0.2) is 4.87 Å². The Labute approximate surface area is 114 Å². The lowest BCUT2D eigenvalue weighted by Gasteiger charge is -2.27. The fourth-order valence-electron chi connectivity index (χ4n) is 2.25. The molecule has 0 amide bonds. The van der Waals surface area contributed by atoms with Crippen molar-refractivity contribution in [2.24, 2.45) is 0 Å². The Bertz CT molecular complexity index is 138. The number of rotatable bonds is 11. The van der Waals surface area contributed by atoms with E-state index in [-0.39, 0.29) is 11.0 Å². The fourth-order valence-corrected chi connectivity index (χ4v) is 2.65. The molecule has 1 nitrogen and oxygen atoms in total. The van der Waals surface area contributed by atoms with Crippen molar-refractivity contribution in [3.63, 3.8) is 0 Å². The number of alkyl halides is 1. The maximum absolute atomic E-state index is 6.79. The molecule has 106 valence electrons. The van der Waals surface area contributed by atoms with E-state index in [1.165, 1.54) is 70.6 Å². The second kappa shape index (κ2) is 12.7. The summed E-state index contributed by atoms with van der Waals surface area (Å²) in [4.78, 5) is 0.125. The predicted octanol–water partition coefficient (Wildman–Crippen LogP) is 6.48. The molecule has 0 radical (unpaired) electrons. The van der Waals surface area contributed by atoms with Crippen molar-refractivity contribution in [2.75, 3.05) is 0 Å². The van der Waals surface area contributed by atoms with Crippen molar-refractivity contribution in [3.8, 4) is 0 Å². The molecule has 0 bridgehead atoms. The summed E-state index contributed by atoms with van der Waals surface area (Å²) < 4.78 is 0. The highest BCUT2D eigenvalue weighted by Gasteiger charge is 2.25. The molecular formula is C15H34ClN. The molecule has 0 unspecified atom stereocenters. The van der Waals surface area contributed by atoms with Gasteiger partial charge in [0, 0.05) is 4.87 Å². The van der Waals surface area contributed by atoms with Crippen molar-refractivity contribution < 1.29 is 0 Å². The van der Waals surface area contributed by atoms with Crippen LogP contribution in [0.25, 0.3) is 0 Å². The van der Waals surface area contributed by atoms with Crippen molar-refractivity contribution in [1.29, 1.82) is 0 Å². The van der Waals surface area contributed by atoms with Crippen LogP contribution in [0.15, 0.2) is 0 Å². The highest BCUT2D eigenvalue weighted by molar-refractivity contribution is 6.23. The Balaban J connectivity index is 0. The average molecular weight is 264 g/mol. The third-order valence-electron chi connectivity index (χ3n) is 3.44. The van der Waals surface area contributed by atoms with E-state index in [2.05, 4.69) is 20.8 Å². The Morgan fingerprint density at radius 3 is 1.35 bits per heavy atom. The Morgan fingerprint density at radius 1 is 0.647 bits per heavy atom. The van der Waals surface area contributed by atoms with Gasteiger partial charge in [-0.2, -0.15) is 0 Å². The zero-order chi connectivity index (χ0) is 12.3. The van der Waals surface area contributed by atoms with E-state index in [0.717, 1.165) is 0 Å². The highest BCUT2D eigenvalue weighted by atomic mass is 35.5. The minimum Gasteiger partial charge on any atom is -0.344 e. The minimum absolute atomic E-state index is 0. The monoisotopic (exact) mass is 263 g/mol. The van der Waals surface area contributed by atoms with E-state index in [1.807, 2.05) is 0 Å². The maximum atomic E-state index is 6.79. The van der Waals surface area contributed by atoms with Crippen LogP contribution in [0.3, 0.4) is 0 Å². The summed E-state index contributed by atoms with van der Waals surface area (Å²) in [5, 5.41) is 0. The summed E-state index contributed by atoms with van der Waals surface area (Å²) in [6.07, 6.45) is 14.2. The number of hydrogen-bond acceptors (Lipinski definition) is 1. The molecule has 0 aliphatic rings. The maximum Gasteiger partial charge on any atom is 0.0446 e. The summed E-state index contributed by atoms with van der Waals surface area (Å²) in [6, 6.07) is 0. The molecule has 0 rings (SSSR count). The molecule has 0 saturated carbocycles. The first-order valence-corrected chi connectivity index (χ1v) is 7.75. The summed E-state index contributed by atoms with van der Waals surface area (Å²) in [6.45, 7) is 6.79. The third-order valence-corrected chi connectivity index (χ3v) is 4.00. The first-order valence-electron chi connectivity index (χ1n) is 7.37. The Hall–Kier alpha value is 0.250. The van der Waals surface area contributed by atoms with Gasteiger partial charge in [-0.1, -0.05) is 72.1 Å². The standard InChI is InChI=1S/C15H31Cl.H3N/c1-4-7-10-13-15(16,12-9-6-3)14-11-8-5-2;/h4-14H2,1-3H3;1H3. The van der Waals surface area contributed by atoms with Gasteiger partial charge in [-0.3, -0.25) is 0 Å². The van der Waals surface area contributed by atoms with Crippen molar-refractivity contribution in [1.82, 2.24) is 6.15 Å². The van der Waals surface area contributed by atoms with Gasteiger partial charge in [-0.05, 0) is 19.3 Å². The molecule has 0 aromatic heterocycles. The number of unbranched alkanes of at least 4 members (excludes halogenated alkanes) is 5. The normalized spacial score (nSPS) is 11.3. The topological polar surface area (TPSA) is 35.0 Å². The van der Waals surface area contributed by atoms with Crippen LogP contribution in [-0.2, 0) is 0 Å². The fraction of sp³-hybridized carbons (Fsp3) is 1.00.